The van der Waals surface area contributed by atoms with Gasteiger partial charge in [0.05, 0.1) is 11.3 Å². The highest BCUT2D eigenvalue weighted by molar-refractivity contribution is 6.11. The Morgan fingerprint density at radius 1 is 1.38 bits per heavy atom. The smallest absolute Gasteiger partial charge is 0.404 e. The van der Waals surface area contributed by atoms with Gasteiger partial charge in [-0.05, 0) is 31.4 Å². The van der Waals surface area contributed by atoms with Crippen LogP contribution in [0.2, 0.25) is 0 Å². The monoisotopic (exact) mass is 449 g/mol. The van der Waals surface area contributed by atoms with E-state index >= 15 is 0 Å². The van der Waals surface area contributed by atoms with Crippen LogP contribution in [0.15, 0.2) is 46.6 Å². The third-order valence-corrected chi connectivity index (χ3v) is 5.06. The van der Waals surface area contributed by atoms with Crippen LogP contribution in [0, 0.1) is 0 Å². The standard InChI is InChI=1S/C22H26F3N5O2/c1-2-7-30-14-17(3-4-21(30)31)27-12-15(11-26)18-13-28-20(10-19(18)22(23,24)25)29-16-5-8-32-9-6-16/h3-4,10-14,16H,2,5-9,26H2,1H3,(H,28,29). The normalized spacial score (nSPS) is 15.9. The Labute approximate surface area is 183 Å². The lowest BCUT2D eigenvalue weighted by Crippen LogP contribution is -2.28. The number of halogens is 3. The molecular formula is C22H26F3N5O2. The van der Waals surface area contributed by atoms with Gasteiger partial charge in [-0.3, -0.25) is 9.79 Å². The Hall–Kier alpha value is -3.14. The van der Waals surface area contributed by atoms with Crippen molar-refractivity contribution in [3.8, 4) is 0 Å². The van der Waals surface area contributed by atoms with Gasteiger partial charge in [-0.15, -0.1) is 0 Å². The number of rotatable bonds is 7. The van der Waals surface area contributed by atoms with E-state index in [0.29, 0.717) is 38.3 Å². The molecule has 0 radical (unpaired) electrons. The van der Waals surface area contributed by atoms with Crippen LogP contribution in [0.1, 0.15) is 37.3 Å². The molecule has 0 amide bonds. The zero-order chi connectivity index (χ0) is 23.1. The summed E-state index contributed by atoms with van der Waals surface area (Å²) in [6.07, 6.45) is 2.55. The van der Waals surface area contributed by atoms with Crippen molar-refractivity contribution in [2.75, 3.05) is 18.5 Å². The van der Waals surface area contributed by atoms with Gasteiger partial charge in [0.25, 0.3) is 5.56 Å². The molecule has 0 aliphatic carbocycles. The van der Waals surface area contributed by atoms with Crippen molar-refractivity contribution in [3.05, 3.63) is 58.3 Å². The van der Waals surface area contributed by atoms with E-state index < -0.39 is 11.7 Å². The number of aryl methyl sites for hydroxylation is 1. The van der Waals surface area contributed by atoms with Crippen molar-refractivity contribution in [3.63, 3.8) is 0 Å². The molecule has 0 aromatic carbocycles. The number of ether oxygens (including phenoxy) is 1. The second kappa shape index (κ2) is 10.4. The lowest BCUT2D eigenvalue weighted by atomic mass is 10.0. The molecule has 0 spiro atoms. The number of anilines is 1. The molecular weight excluding hydrogens is 423 g/mol. The van der Waals surface area contributed by atoms with Gasteiger partial charge >= 0.3 is 6.18 Å². The average Bonchev–Trinajstić information content (AvgIpc) is 2.77. The Morgan fingerprint density at radius 2 is 2.12 bits per heavy atom. The number of nitrogens with one attached hydrogen (secondary N) is 1. The fourth-order valence-electron chi connectivity index (χ4n) is 3.41. The number of aromatic nitrogens is 2. The first kappa shape index (κ1) is 23.5. The number of alkyl halides is 3. The first-order valence-electron chi connectivity index (χ1n) is 10.4. The zero-order valence-electron chi connectivity index (χ0n) is 17.7. The lowest BCUT2D eigenvalue weighted by molar-refractivity contribution is -0.137. The Kier molecular flexibility index (Phi) is 7.68. The Morgan fingerprint density at radius 3 is 2.78 bits per heavy atom. The van der Waals surface area contributed by atoms with Gasteiger partial charge in [-0.1, -0.05) is 6.92 Å². The summed E-state index contributed by atoms with van der Waals surface area (Å²) in [5.41, 5.74) is 4.92. The van der Waals surface area contributed by atoms with Gasteiger partial charge in [-0.2, -0.15) is 13.2 Å². The van der Waals surface area contributed by atoms with Crippen LogP contribution >= 0.6 is 0 Å². The van der Waals surface area contributed by atoms with E-state index in [0.717, 1.165) is 24.9 Å². The van der Waals surface area contributed by atoms with Crippen LogP contribution in [-0.4, -0.2) is 35.0 Å². The van der Waals surface area contributed by atoms with Crippen LogP contribution in [-0.2, 0) is 17.5 Å². The minimum absolute atomic E-state index is 0.00747. The number of pyridine rings is 2. The van der Waals surface area contributed by atoms with Crippen molar-refractivity contribution in [1.82, 2.24) is 9.55 Å². The van der Waals surface area contributed by atoms with Gasteiger partial charge in [-0.25, -0.2) is 4.98 Å². The number of hydrogen-bond acceptors (Lipinski definition) is 6. The maximum atomic E-state index is 13.8. The largest absolute Gasteiger partial charge is 0.417 e. The Balaban J connectivity index is 1.89. The minimum Gasteiger partial charge on any atom is -0.404 e. The summed E-state index contributed by atoms with van der Waals surface area (Å²) in [7, 11) is 0. The fraction of sp³-hybridized carbons (Fsp3) is 0.409. The molecule has 1 fully saturated rings. The Bertz CT molecular complexity index is 1040. The molecule has 0 unspecified atom stereocenters. The molecule has 1 aliphatic heterocycles. The number of aliphatic imine (C=N–C) groups is 1. The highest BCUT2D eigenvalue weighted by atomic mass is 19.4. The summed E-state index contributed by atoms with van der Waals surface area (Å²) in [6, 6.07) is 3.87. The minimum atomic E-state index is -4.61. The van der Waals surface area contributed by atoms with Gasteiger partial charge in [0.1, 0.15) is 5.82 Å². The molecule has 0 bridgehead atoms. The molecule has 2 aromatic rings. The van der Waals surface area contributed by atoms with E-state index in [9.17, 15) is 18.0 Å². The highest BCUT2D eigenvalue weighted by Crippen LogP contribution is 2.36. The maximum Gasteiger partial charge on any atom is 0.417 e. The summed E-state index contributed by atoms with van der Waals surface area (Å²) >= 11 is 0. The molecule has 3 N–H and O–H groups in total. The van der Waals surface area contributed by atoms with Gasteiger partial charge < -0.3 is 20.4 Å². The molecule has 0 saturated carbocycles. The third-order valence-electron chi connectivity index (χ3n) is 5.06. The van der Waals surface area contributed by atoms with E-state index in [1.165, 1.54) is 22.9 Å². The van der Waals surface area contributed by atoms with Crippen molar-refractivity contribution >= 4 is 23.3 Å². The van der Waals surface area contributed by atoms with E-state index in [2.05, 4.69) is 15.3 Å². The second-order valence-corrected chi connectivity index (χ2v) is 7.44. The van der Waals surface area contributed by atoms with Crippen molar-refractivity contribution in [2.45, 2.75) is 44.9 Å². The summed E-state index contributed by atoms with van der Waals surface area (Å²) in [5, 5.41) is 3.05. The van der Waals surface area contributed by atoms with E-state index in [1.54, 1.807) is 6.20 Å². The molecule has 172 valence electrons. The molecule has 1 aliphatic rings. The summed E-state index contributed by atoms with van der Waals surface area (Å²) in [4.78, 5) is 20.2. The molecule has 2 aromatic heterocycles. The average molecular weight is 449 g/mol. The first-order chi connectivity index (χ1) is 15.3. The summed E-state index contributed by atoms with van der Waals surface area (Å²) in [5.74, 6) is 0.146. The van der Waals surface area contributed by atoms with Crippen LogP contribution in [0.3, 0.4) is 0 Å². The zero-order valence-corrected chi connectivity index (χ0v) is 17.7. The lowest BCUT2D eigenvalue weighted by Gasteiger charge is -2.24. The number of allylic oxidation sites excluding steroid dienone is 1. The molecule has 3 rings (SSSR count). The SMILES string of the molecule is CCCn1cc(N=CC(=CN)c2cnc(NC3CCOCC3)cc2C(F)(F)F)ccc1=O. The van der Waals surface area contributed by atoms with Crippen molar-refractivity contribution < 1.29 is 17.9 Å². The molecule has 0 atom stereocenters. The quantitative estimate of drug-likeness (QED) is 0.624. The topological polar surface area (TPSA) is 94.5 Å². The predicted molar refractivity (Wildman–Crippen MR) is 118 cm³/mol. The first-order valence-corrected chi connectivity index (χ1v) is 10.4. The van der Waals surface area contributed by atoms with Gasteiger partial charge in [0, 0.05) is 67.8 Å². The molecule has 10 heteroatoms. The second-order valence-electron chi connectivity index (χ2n) is 7.44. The predicted octanol–water partition coefficient (Wildman–Crippen LogP) is 3.97. The third kappa shape index (κ3) is 5.97. The number of hydrogen-bond donors (Lipinski definition) is 2. The maximum absolute atomic E-state index is 13.8. The van der Waals surface area contributed by atoms with Gasteiger partial charge in [0.15, 0.2) is 0 Å². The van der Waals surface area contributed by atoms with Crippen LogP contribution in [0.5, 0.6) is 0 Å². The van der Waals surface area contributed by atoms with Crippen molar-refractivity contribution in [2.24, 2.45) is 10.7 Å². The van der Waals surface area contributed by atoms with Crippen LogP contribution in [0.4, 0.5) is 24.7 Å². The summed E-state index contributed by atoms with van der Waals surface area (Å²) in [6.45, 7) is 3.57. The van der Waals surface area contributed by atoms with Crippen LogP contribution < -0.4 is 16.6 Å². The fourth-order valence-corrected chi connectivity index (χ4v) is 3.41. The van der Waals surface area contributed by atoms with E-state index in [1.807, 2.05) is 6.92 Å². The van der Waals surface area contributed by atoms with Crippen molar-refractivity contribution in [1.29, 1.82) is 0 Å². The highest BCUT2D eigenvalue weighted by Gasteiger charge is 2.35. The van der Waals surface area contributed by atoms with Crippen LogP contribution in [0.25, 0.3) is 5.57 Å². The molecule has 7 nitrogen and oxygen atoms in total. The molecule has 1 saturated heterocycles. The van der Waals surface area contributed by atoms with E-state index in [-0.39, 0.29) is 28.6 Å². The van der Waals surface area contributed by atoms with E-state index in [4.69, 9.17) is 10.5 Å². The number of nitrogens with zero attached hydrogens (tertiary/aromatic N) is 3. The number of nitrogens with two attached hydrogens (primary N) is 1. The summed E-state index contributed by atoms with van der Waals surface area (Å²) < 4.78 is 48.2. The molecule has 32 heavy (non-hydrogen) atoms. The van der Waals surface area contributed by atoms with Gasteiger partial charge in [0.2, 0.25) is 0 Å². The molecule has 3 heterocycles.